The number of thioether (sulfide) groups is 1. The summed E-state index contributed by atoms with van der Waals surface area (Å²) < 4.78 is 0. The molecule has 0 aliphatic carbocycles. The number of carbonyl (C=O) groups is 1. The third-order valence-electron chi connectivity index (χ3n) is 2.60. The first kappa shape index (κ1) is 14.9. The van der Waals surface area contributed by atoms with Gasteiger partial charge in [0.15, 0.2) is 0 Å². The van der Waals surface area contributed by atoms with Crippen LogP contribution >= 0.6 is 11.8 Å². The topological polar surface area (TPSA) is 83.3 Å². The SMILES string of the molecule is CCc1nnc(SC(C)CO)c(C(=O)O)c1CC. The van der Waals surface area contributed by atoms with E-state index in [0.29, 0.717) is 17.9 Å². The molecule has 0 radical (unpaired) electrons. The van der Waals surface area contributed by atoms with Gasteiger partial charge in [0.1, 0.15) is 5.03 Å². The van der Waals surface area contributed by atoms with Gasteiger partial charge in [0.2, 0.25) is 0 Å². The van der Waals surface area contributed by atoms with E-state index >= 15 is 0 Å². The zero-order valence-corrected chi connectivity index (χ0v) is 11.6. The van der Waals surface area contributed by atoms with Crippen molar-refractivity contribution in [2.45, 2.75) is 43.9 Å². The molecule has 0 aliphatic heterocycles. The molecule has 1 aromatic heterocycles. The third-order valence-corrected chi connectivity index (χ3v) is 3.66. The van der Waals surface area contributed by atoms with Crippen molar-refractivity contribution in [1.29, 1.82) is 0 Å². The molecule has 0 fully saturated rings. The molecule has 0 saturated heterocycles. The van der Waals surface area contributed by atoms with Crippen molar-refractivity contribution in [2.24, 2.45) is 0 Å². The van der Waals surface area contributed by atoms with Gasteiger partial charge in [-0.15, -0.1) is 5.10 Å². The monoisotopic (exact) mass is 270 g/mol. The maximum Gasteiger partial charge on any atom is 0.338 e. The van der Waals surface area contributed by atoms with Crippen LogP contribution < -0.4 is 0 Å². The Kier molecular flexibility index (Phi) is 5.55. The standard InChI is InChI=1S/C12H18N2O3S/c1-4-8-9(5-2)13-14-11(10(8)12(16)17)18-7(3)6-15/h7,15H,4-6H2,1-3H3,(H,16,17). The molecule has 0 amide bonds. The summed E-state index contributed by atoms with van der Waals surface area (Å²) in [6.45, 7) is 5.63. The van der Waals surface area contributed by atoms with Crippen LogP contribution in [0, 0.1) is 0 Å². The van der Waals surface area contributed by atoms with Crippen molar-refractivity contribution in [3.05, 3.63) is 16.8 Å². The molecule has 1 atom stereocenters. The molecule has 6 heteroatoms. The molecule has 18 heavy (non-hydrogen) atoms. The highest BCUT2D eigenvalue weighted by molar-refractivity contribution is 7.99. The summed E-state index contributed by atoms with van der Waals surface area (Å²) in [4.78, 5) is 11.4. The summed E-state index contributed by atoms with van der Waals surface area (Å²) in [5.41, 5.74) is 1.71. The molecule has 0 bridgehead atoms. The number of aromatic carboxylic acids is 1. The first-order chi connectivity index (χ1) is 8.54. The molecule has 100 valence electrons. The molecule has 0 aliphatic rings. The number of hydrogen-bond acceptors (Lipinski definition) is 5. The Morgan fingerprint density at radius 3 is 2.44 bits per heavy atom. The lowest BCUT2D eigenvalue weighted by Crippen LogP contribution is -2.13. The fourth-order valence-electron chi connectivity index (χ4n) is 1.69. The Labute approximate surface area is 111 Å². The lowest BCUT2D eigenvalue weighted by molar-refractivity contribution is 0.0690. The quantitative estimate of drug-likeness (QED) is 0.767. The van der Waals surface area contributed by atoms with Crippen molar-refractivity contribution in [3.63, 3.8) is 0 Å². The Morgan fingerprint density at radius 1 is 1.33 bits per heavy atom. The largest absolute Gasteiger partial charge is 0.478 e. The van der Waals surface area contributed by atoms with E-state index in [-0.39, 0.29) is 17.4 Å². The van der Waals surface area contributed by atoms with Crippen LogP contribution in [0.5, 0.6) is 0 Å². The molecule has 0 aromatic carbocycles. The molecule has 1 rings (SSSR count). The minimum atomic E-state index is -0.982. The van der Waals surface area contributed by atoms with Crippen molar-refractivity contribution >= 4 is 17.7 Å². The van der Waals surface area contributed by atoms with Crippen LogP contribution in [0.2, 0.25) is 0 Å². The summed E-state index contributed by atoms with van der Waals surface area (Å²) in [7, 11) is 0. The van der Waals surface area contributed by atoms with Crippen LogP contribution in [0.3, 0.4) is 0 Å². The van der Waals surface area contributed by atoms with E-state index in [1.54, 1.807) is 0 Å². The van der Waals surface area contributed by atoms with Gasteiger partial charge in [0, 0.05) is 5.25 Å². The number of hydrogen-bond donors (Lipinski definition) is 2. The highest BCUT2D eigenvalue weighted by Crippen LogP contribution is 2.28. The molecular weight excluding hydrogens is 252 g/mol. The first-order valence-corrected chi connectivity index (χ1v) is 6.82. The molecule has 5 nitrogen and oxygen atoms in total. The van der Waals surface area contributed by atoms with Gasteiger partial charge in [-0.3, -0.25) is 0 Å². The van der Waals surface area contributed by atoms with Crippen LogP contribution in [0.1, 0.15) is 42.4 Å². The van der Waals surface area contributed by atoms with Gasteiger partial charge in [-0.05, 0) is 18.4 Å². The van der Waals surface area contributed by atoms with Gasteiger partial charge in [-0.2, -0.15) is 5.10 Å². The Hall–Kier alpha value is -1.14. The van der Waals surface area contributed by atoms with Gasteiger partial charge in [-0.25, -0.2) is 4.79 Å². The lowest BCUT2D eigenvalue weighted by atomic mass is 10.0. The summed E-state index contributed by atoms with van der Waals surface area (Å²) in [5.74, 6) is -0.982. The number of aliphatic hydroxyl groups is 1. The number of aliphatic hydroxyl groups excluding tert-OH is 1. The van der Waals surface area contributed by atoms with Gasteiger partial charge in [0.05, 0.1) is 17.9 Å². The maximum atomic E-state index is 11.4. The molecule has 1 aromatic rings. The number of carboxylic acid groups (broad SMARTS) is 1. The van der Waals surface area contributed by atoms with Crippen LogP contribution in [0.25, 0.3) is 0 Å². The Morgan fingerprint density at radius 2 is 2.00 bits per heavy atom. The average molecular weight is 270 g/mol. The van der Waals surface area contributed by atoms with Crippen LogP contribution in [-0.2, 0) is 12.8 Å². The predicted octanol–water partition coefficient (Wildman–Crippen LogP) is 1.77. The lowest BCUT2D eigenvalue weighted by Gasteiger charge is -2.13. The van der Waals surface area contributed by atoms with E-state index in [1.165, 1.54) is 11.8 Å². The number of nitrogens with zero attached hydrogens (tertiary/aromatic N) is 2. The van der Waals surface area contributed by atoms with E-state index in [9.17, 15) is 9.90 Å². The van der Waals surface area contributed by atoms with Gasteiger partial charge < -0.3 is 10.2 Å². The summed E-state index contributed by atoms with van der Waals surface area (Å²) in [6, 6.07) is 0. The minimum absolute atomic E-state index is 0.0254. The smallest absolute Gasteiger partial charge is 0.338 e. The molecule has 2 N–H and O–H groups in total. The van der Waals surface area contributed by atoms with Crippen molar-refractivity contribution in [2.75, 3.05) is 6.61 Å². The van der Waals surface area contributed by atoms with Crippen LogP contribution in [-0.4, -0.2) is 38.2 Å². The highest BCUT2D eigenvalue weighted by Gasteiger charge is 2.21. The van der Waals surface area contributed by atoms with E-state index in [2.05, 4.69) is 10.2 Å². The summed E-state index contributed by atoms with van der Waals surface area (Å²) in [6.07, 6.45) is 1.28. The van der Waals surface area contributed by atoms with Crippen molar-refractivity contribution in [1.82, 2.24) is 10.2 Å². The molecule has 0 spiro atoms. The highest BCUT2D eigenvalue weighted by atomic mass is 32.2. The predicted molar refractivity (Wildman–Crippen MR) is 70.2 cm³/mol. The molecule has 0 saturated carbocycles. The molecule has 1 heterocycles. The average Bonchev–Trinajstić information content (AvgIpc) is 2.37. The maximum absolute atomic E-state index is 11.4. The van der Waals surface area contributed by atoms with Gasteiger partial charge >= 0.3 is 5.97 Å². The van der Waals surface area contributed by atoms with E-state index in [4.69, 9.17) is 5.11 Å². The normalized spacial score (nSPS) is 12.4. The zero-order chi connectivity index (χ0) is 13.7. The van der Waals surface area contributed by atoms with Crippen LogP contribution in [0.4, 0.5) is 0 Å². The molecular formula is C12H18N2O3S. The van der Waals surface area contributed by atoms with Crippen molar-refractivity contribution < 1.29 is 15.0 Å². The van der Waals surface area contributed by atoms with E-state index < -0.39 is 5.97 Å². The van der Waals surface area contributed by atoms with E-state index in [0.717, 1.165) is 11.3 Å². The number of aromatic nitrogens is 2. The Bertz CT molecular complexity index is 438. The zero-order valence-electron chi connectivity index (χ0n) is 10.8. The molecule has 1 unspecified atom stereocenters. The fraction of sp³-hybridized carbons (Fsp3) is 0.583. The minimum Gasteiger partial charge on any atom is -0.478 e. The van der Waals surface area contributed by atoms with E-state index in [1.807, 2.05) is 20.8 Å². The van der Waals surface area contributed by atoms with Crippen molar-refractivity contribution in [3.8, 4) is 0 Å². The van der Waals surface area contributed by atoms with Gasteiger partial charge in [-0.1, -0.05) is 32.5 Å². The number of rotatable bonds is 6. The fourth-order valence-corrected chi connectivity index (χ4v) is 2.56. The number of aryl methyl sites for hydroxylation is 1. The second-order valence-electron chi connectivity index (χ2n) is 3.93. The number of carboxylic acids is 1. The summed E-state index contributed by atoms with van der Waals surface area (Å²) in [5, 5.41) is 26.7. The second kappa shape index (κ2) is 6.70. The van der Waals surface area contributed by atoms with Crippen LogP contribution in [0.15, 0.2) is 5.03 Å². The first-order valence-electron chi connectivity index (χ1n) is 5.94. The van der Waals surface area contributed by atoms with Gasteiger partial charge in [0.25, 0.3) is 0 Å². The third kappa shape index (κ3) is 3.20. The second-order valence-corrected chi connectivity index (χ2v) is 5.36. The Balaban J connectivity index is 3.30. The summed E-state index contributed by atoms with van der Waals surface area (Å²) >= 11 is 1.24.